The van der Waals surface area contributed by atoms with Crippen LogP contribution in [0.4, 0.5) is 0 Å². The third-order valence-corrected chi connectivity index (χ3v) is 4.60. The Morgan fingerprint density at radius 3 is 2.95 bits per heavy atom. The number of benzene rings is 1. The molecule has 2 unspecified atom stereocenters. The van der Waals surface area contributed by atoms with E-state index in [1.54, 1.807) is 10.9 Å². The van der Waals surface area contributed by atoms with E-state index in [1.165, 1.54) is 25.7 Å². The zero-order valence-corrected chi connectivity index (χ0v) is 12.6. The molecule has 1 aliphatic carbocycles. The molecule has 0 saturated heterocycles. The Balaban J connectivity index is 1.65. The standard InChI is InChI=1S/C17H23N3O/c1-13-6-2-5-9-16(13)18-10-11-20-17(21)15-8-4-3-7-14(15)12-19-20/h3-4,7-8,12-13,16,18H,2,5-6,9-11H2,1H3. The molecule has 0 aliphatic heterocycles. The van der Waals surface area contributed by atoms with Crippen LogP contribution in [0.15, 0.2) is 35.3 Å². The Morgan fingerprint density at radius 1 is 1.29 bits per heavy atom. The van der Waals surface area contributed by atoms with E-state index in [1.807, 2.05) is 24.3 Å². The zero-order valence-electron chi connectivity index (χ0n) is 12.6. The minimum absolute atomic E-state index is 0.00610. The van der Waals surface area contributed by atoms with Crippen molar-refractivity contribution >= 4 is 10.8 Å². The maximum Gasteiger partial charge on any atom is 0.274 e. The molecule has 1 saturated carbocycles. The van der Waals surface area contributed by atoms with E-state index in [0.717, 1.165) is 23.2 Å². The molecule has 0 spiro atoms. The first kappa shape index (κ1) is 14.3. The van der Waals surface area contributed by atoms with Crippen LogP contribution in [0.1, 0.15) is 32.6 Å². The SMILES string of the molecule is CC1CCCCC1NCCn1ncc2ccccc2c1=O. The molecule has 112 valence electrons. The summed E-state index contributed by atoms with van der Waals surface area (Å²) in [6.07, 6.45) is 7.01. The molecule has 1 aliphatic rings. The summed E-state index contributed by atoms with van der Waals surface area (Å²) in [4.78, 5) is 12.3. The lowest BCUT2D eigenvalue weighted by Gasteiger charge is -2.29. The molecule has 1 aromatic heterocycles. The zero-order chi connectivity index (χ0) is 14.7. The number of rotatable bonds is 4. The third kappa shape index (κ3) is 3.16. The molecule has 2 atom stereocenters. The van der Waals surface area contributed by atoms with Crippen molar-refractivity contribution in [3.63, 3.8) is 0 Å². The highest BCUT2D eigenvalue weighted by Crippen LogP contribution is 2.23. The van der Waals surface area contributed by atoms with Crippen LogP contribution in [0.2, 0.25) is 0 Å². The van der Waals surface area contributed by atoms with Gasteiger partial charge in [-0.25, -0.2) is 4.68 Å². The maximum atomic E-state index is 12.3. The van der Waals surface area contributed by atoms with Crippen LogP contribution in [0.25, 0.3) is 10.8 Å². The van der Waals surface area contributed by atoms with E-state index in [0.29, 0.717) is 12.6 Å². The first-order valence-corrected chi connectivity index (χ1v) is 7.94. The Hall–Kier alpha value is -1.68. The highest BCUT2D eigenvalue weighted by atomic mass is 16.1. The smallest absolute Gasteiger partial charge is 0.274 e. The van der Waals surface area contributed by atoms with Gasteiger partial charge in [-0.05, 0) is 24.8 Å². The molecule has 3 rings (SSSR count). The third-order valence-electron chi connectivity index (χ3n) is 4.60. The summed E-state index contributed by atoms with van der Waals surface area (Å²) in [5.41, 5.74) is 0.00610. The number of nitrogens with zero attached hydrogens (tertiary/aromatic N) is 2. The summed E-state index contributed by atoms with van der Waals surface area (Å²) in [5, 5.41) is 9.53. The van der Waals surface area contributed by atoms with Crippen molar-refractivity contribution in [3.8, 4) is 0 Å². The molecule has 2 aromatic rings. The van der Waals surface area contributed by atoms with Crippen LogP contribution in [0.5, 0.6) is 0 Å². The van der Waals surface area contributed by atoms with Gasteiger partial charge in [-0.15, -0.1) is 0 Å². The average molecular weight is 285 g/mol. The Labute approximate surface area is 125 Å². The molecule has 21 heavy (non-hydrogen) atoms. The van der Waals surface area contributed by atoms with Gasteiger partial charge in [0.2, 0.25) is 0 Å². The van der Waals surface area contributed by atoms with Crippen LogP contribution in [0.3, 0.4) is 0 Å². The lowest BCUT2D eigenvalue weighted by atomic mass is 9.86. The lowest BCUT2D eigenvalue weighted by Crippen LogP contribution is -2.40. The summed E-state index contributed by atoms with van der Waals surface area (Å²) >= 11 is 0. The highest BCUT2D eigenvalue weighted by Gasteiger charge is 2.20. The Kier molecular flexibility index (Phi) is 4.34. The molecule has 1 fully saturated rings. The maximum absolute atomic E-state index is 12.3. The quantitative estimate of drug-likeness (QED) is 0.939. The number of nitrogens with one attached hydrogen (secondary N) is 1. The van der Waals surface area contributed by atoms with Crippen molar-refractivity contribution in [1.29, 1.82) is 0 Å². The summed E-state index contributed by atoms with van der Waals surface area (Å²) in [6.45, 7) is 3.75. The van der Waals surface area contributed by atoms with Crippen LogP contribution < -0.4 is 10.9 Å². The molecule has 1 heterocycles. The van der Waals surface area contributed by atoms with Crippen LogP contribution in [-0.2, 0) is 6.54 Å². The topological polar surface area (TPSA) is 46.9 Å². The fourth-order valence-electron chi connectivity index (χ4n) is 3.26. The summed E-state index contributed by atoms with van der Waals surface area (Å²) < 4.78 is 1.57. The molecule has 0 bridgehead atoms. The van der Waals surface area contributed by atoms with Crippen molar-refractivity contribution in [1.82, 2.24) is 15.1 Å². The minimum atomic E-state index is 0.00610. The largest absolute Gasteiger partial charge is 0.312 e. The van der Waals surface area contributed by atoms with Crippen molar-refractivity contribution in [2.75, 3.05) is 6.54 Å². The van der Waals surface area contributed by atoms with Crippen LogP contribution in [-0.4, -0.2) is 22.4 Å². The van der Waals surface area contributed by atoms with Crippen molar-refractivity contribution in [3.05, 3.63) is 40.8 Å². The minimum Gasteiger partial charge on any atom is -0.312 e. The first-order chi connectivity index (χ1) is 10.3. The molecule has 4 heteroatoms. The second-order valence-corrected chi connectivity index (χ2v) is 6.08. The molecule has 4 nitrogen and oxygen atoms in total. The Morgan fingerprint density at radius 2 is 2.10 bits per heavy atom. The van der Waals surface area contributed by atoms with Crippen molar-refractivity contribution in [2.24, 2.45) is 5.92 Å². The normalized spacial score (nSPS) is 22.5. The second kappa shape index (κ2) is 6.39. The summed E-state index contributed by atoms with van der Waals surface area (Å²) in [7, 11) is 0. The molecular weight excluding hydrogens is 262 g/mol. The van der Waals surface area contributed by atoms with Gasteiger partial charge >= 0.3 is 0 Å². The second-order valence-electron chi connectivity index (χ2n) is 6.08. The van der Waals surface area contributed by atoms with Gasteiger partial charge in [-0.1, -0.05) is 38.0 Å². The van der Waals surface area contributed by atoms with E-state index in [-0.39, 0.29) is 5.56 Å². The predicted molar refractivity (Wildman–Crippen MR) is 85.4 cm³/mol. The number of aromatic nitrogens is 2. The van der Waals surface area contributed by atoms with E-state index < -0.39 is 0 Å². The Bertz CT molecular complexity index is 664. The van der Waals surface area contributed by atoms with Crippen LogP contribution >= 0.6 is 0 Å². The monoisotopic (exact) mass is 285 g/mol. The van der Waals surface area contributed by atoms with E-state index in [9.17, 15) is 4.79 Å². The lowest BCUT2D eigenvalue weighted by molar-refractivity contribution is 0.276. The highest BCUT2D eigenvalue weighted by molar-refractivity contribution is 5.80. The number of hydrogen-bond donors (Lipinski definition) is 1. The van der Waals surface area contributed by atoms with Crippen molar-refractivity contribution in [2.45, 2.75) is 45.2 Å². The van der Waals surface area contributed by atoms with Gasteiger partial charge in [0.1, 0.15) is 0 Å². The van der Waals surface area contributed by atoms with E-state index >= 15 is 0 Å². The summed E-state index contributed by atoms with van der Waals surface area (Å²) in [6, 6.07) is 8.22. The molecule has 0 amide bonds. The van der Waals surface area contributed by atoms with Gasteiger partial charge in [0.25, 0.3) is 5.56 Å². The molecular formula is C17H23N3O. The number of fused-ring (bicyclic) bond motifs is 1. The van der Waals surface area contributed by atoms with Gasteiger partial charge in [0.15, 0.2) is 0 Å². The van der Waals surface area contributed by atoms with Gasteiger partial charge in [-0.3, -0.25) is 4.79 Å². The van der Waals surface area contributed by atoms with Gasteiger partial charge in [0, 0.05) is 18.0 Å². The molecule has 0 radical (unpaired) electrons. The summed E-state index contributed by atoms with van der Waals surface area (Å²) in [5.74, 6) is 0.736. The van der Waals surface area contributed by atoms with E-state index in [2.05, 4.69) is 17.3 Å². The van der Waals surface area contributed by atoms with Crippen LogP contribution in [0, 0.1) is 5.92 Å². The van der Waals surface area contributed by atoms with Gasteiger partial charge < -0.3 is 5.32 Å². The van der Waals surface area contributed by atoms with E-state index in [4.69, 9.17) is 0 Å². The molecule has 1 N–H and O–H groups in total. The first-order valence-electron chi connectivity index (χ1n) is 7.94. The van der Waals surface area contributed by atoms with Gasteiger partial charge in [-0.2, -0.15) is 5.10 Å². The fourth-order valence-corrected chi connectivity index (χ4v) is 3.26. The fraction of sp³-hybridized carbons (Fsp3) is 0.529. The predicted octanol–water partition coefficient (Wildman–Crippen LogP) is 2.56. The molecule has 1 aromatic carbocycles. The average Bonchev–Trinajstić information content (AvgIpc) is 2.52. The van der Waals surface area contributed by atoms with Crippen molar-refractivity contribution < 1.29 is 0 Å². The number of hydrogen-bond acceptors (Lipinski definition) is 3. The van der Waals surface area contributed by atoms with Gasteiger partial charge in [0.05, 0.1) is 18.1 Å².